The second kappa shape index (κ2) is 7.23. The maximum Gasteiger partial charge on any atom is 0.148 e. The van der Waals surface area contributed by atoms with E-state index in [4.69, 9.17) is 22.8 Å². The van der Waals surface area contributed by atoms with E-state index in [1.165, 1.54) is 0 Å². The highest BCUT2D eigenvalue weighted by Gasteiger charge is 2.02. The number of terminal acetylenes is 1. The van der Waals surface area contributed by atoms with E-state index in [2.05, 4.69) is 27.2 Å². The first-order valence-electron chi connectivity index (χ1n) is 6.03. The molecule has 1 N–H and O–H groups in total. The van der Waals surface area contributed by atoms with E-state index in [1.807, 2.05) is 42.5 Å². The maximum absolute atomic E-state index is 5.85. The number of nitrogens with one attached hydrogen (secondary N) is 1. The minimum absolute atomic E-state index is 0.265. The summed E-state index contributed by atoms with van der Waals surface area (Å²) in [5.41, 5.74) is 2.16. The first kappa shape index (κ1) is 14.8. The number of rotatable bonds is 5. The molecule has 0 aliphatic carbocycles. The highest BCUT2D eigenvalue weighted by atomic mass is 79.9. The normalized spacial score (nSPS) is 9.85. The van der Waals surface area contributed by atoms with Gasteiger partial charge in [0.1, 0.15) is 12.4 Å². The summed E-state index contributed by atoms with van der Waals surface area (Å²) in [7, 11) is 0. The summed E-state index contributed by atoms with van der Waals surface area (Å²) in [6.45, 7) is 0.983. The molecule has 4 heteroatoms. The lowest BCUT2D eigenvalue weighted by atomic mass is 10.2. The van der Waals surface area contributed by atoms with Crippen LogP contribution in [0.5, 0.6) is 5.75 Å². The standard InChI is InChI=1S/C16H13BrClNO/c1-2-9-20-16-8-3-12(10-15(16)17)11-19-14-6-4-13(18)5-7-14/h1,3-8,10,19H,9,11H2. The lowest BCUT2D eigenvalue weighted by molar-refractivity contribution is 0.368. The summed E-state index contributed by atoms with van der Waals surface area (Å²) in [6, 6.07) is 13.5. The molecule has 0 unspecified atom stereocenters. The van der Waals surface area contributed by atoms with Crippen molar-refractivity contribution in [3.05, 3.63) is 57.5 Å². The molecular weight excluding hydrogens is 338 g/mol. The SMILES string of the molecule is C#CCOc1ccc(CNc2ccc(Cl)cc2)cc1Br. The van der Waals surface area contributed by atoms with Gasteiger partial charge in [-0.15, -0.1) is 6.42 Å². The molecule has 0 heterocycles. The van der Waals surface area contributed by atoms with Gasteiger partial charge in [-0.1, -0.05) is 23.6 Å². The van der Waals surface area contributed by atoms with Gasteiger partial charge in [0, 0.05) is 17.3 Å². The van der Waals surface area contributed by atoms with Crippen molar-refractivity contribution in [3.63, 3.8) is 0 Å². The fraction of sp³-hybridized carbons (Fsp3) is 0.125. The van der Waals surface area contributed by atoms with E-state index >= 15 is 0 Å². The molecule has 0 aliphatic heterocycles. The Kier molecular flexibility index (Phi) is 5.34. The molecule has 2 nitrogen and oxygen atoms in total. The van der Waals surface area contributed by atoms with E-state index in [0.717, 1.165) is 33.0 Å². The highest BCUT2D eigenvalue weighted by Crippen LogP contribution is 2.26. The topological polar surface area (TPSA) is 21.3 Å². The molecule has 0 aromatic heterocycles. The third-order valence-corrected chi connectivity index (χ3v) is 3.52. The zero-order valence-electron chi connectivity index (χ0n) is 10.7. The molecule has 0 fully saturated rings. The van der Waals surface area contributed by atoms with Crippen LogP contribution in [0.1, 0.15) is 5.56 Å². The molecular formula is C16H13BrClNO. The number of halogens is 2. The van der Waals surface area contributed by atoms with Gasteiger partial charge in [-0.05, 0) is 57.9 Å². The lowest BCUT2D eigenvalue weighted by Gasteiger charge is -2.09. The molecule has 0 bridgehead atoms. The Morgan fingerprint density at radius 2 is 1.95 bits per heavy atom. The zero-order valence-corrected chi connectivity index (χ0v) is 13.0. The number of hydrogen-bond acceptors (Lipinski definition) is 2. The van der Waals surface area contributed by atoms with Crippen LogP contribution >= 0.6 is 27.5 Å². The number of benzene rings is 2. The van der Waals surface area contributed by atoms with Gasteiger partial charge in [-0.25, -0.2) is 0 Å². The molecule has 0 radical (unpaired) electrons. The van der Waals surface area contributed by atoms with Crippen molar-refractivity contribution in [2.45, 2.75) is 6.54 Å². The first-order chi connectivity index (χ1) is 9.69. The number of ether oxygens (including phenoxy) is 1. The van der Waals surface area contributed by atoms with Crippen LogP contribution in [0.25, 0.3) is 0 Å². The van der Waals surface area contributed by atoms with Crippen LogP contribution in [-0.4, -0.2) is 6.61 Å². The summed E-state index contributed by atoms with van der Waals surface area (Å²) in [5, 5.41) is 4.06. The van der Waals surface area contributed by atoms with Crippen LogP contribution in [0.15, 0.2) is 46.9 Å². The molecule has 0 atom stereocenters. The predicted octanol–water partition coefficient (Wildman–Crippen LogP) is 4.73. The van der Waals surface area contributed by atoms with Gasteiger partial charge in [0.25, 0.3) is 0 Å². The Bertz CT molecular complexity index is 619. The van der Waals surface area contributed by atoms with Crippen LogP contribution in [0.4, 0.5) is 5.69 Å². The fourth-order valence-electron chi connectivity index (χ4n) is 1.66. The summed E-state index contributed by atoms with van der Waals surface area (Å²) in [4.78, 5) is 0. The van der Waals surface area contributed by atoms with Crippen molar-refractivity contribution in [2.75, 3.05) is 11.9 Å². The minimum Gasteiger partial charge on any atom is -0.480 e. The lowest BCUT2D eigenvalue weighted by Crippen LogP contribution is -2.00. The Labute approximate surface area is 132 Å². The third-order valence-electron chi connectivity index (χ3n) is 2.65. The molecule has 0 spiro atoms. The smallest absolute Gasteiger partial charge is 0.148 e. The second-order valence-electron chi connectivity index (χ2n) is 4.12. The van der Waals surface area contributed by atoms with Crippen LogP contribution < -0.4 is 10.1 Å². The Morgan fingerprint density at radius 1 is 1.20 bits per heavy atom. The Balaban J connectivity index is 1.98. The van der Waals surface area contributed by atoms with Gasteiger partial charge in [0.15, 0.2) is 0 Å². The van der Waals surface area contributed by atoms with Crippen molar-refractivity contribution >= 4 is 33.2 Å². The van der Waals surface area contributed by atoms with Crippen molar-refractivity contribution in [2.24, 2.45) is 0 Å². The average Bonchev–Trinajstić information content (AvgIpc) is 2.46. The molecule has 2 aromatic carbocycles. The molecule has 2 rings (SSSR count). The van der Waals surface area contributed by atoms with Gasteiger partial charge < -0.3 is 10.1 Å². The second-order valence-corrected chi connectivity index (χ2v) is 5.41. The molecule has 102 valence electrons. The van der Waals surface area contributed by atoms with Gasteiger partial charge in [0.05, 0.1) is 4.47 Å². The highest BCUT2D eigenvalue weighted by molar-refractivity contribution is 9.10. The van der Waals surface area contributed by atoms with Crippen molar-refractivity contribution in [1.29, 1.82) is 0 Å². The summed E-state index contributed by atoms with van der Waals surface area (Å²) in [6.07, 6.45) is 5.17. The van der Waals surface area contributed by atoms with Crippen LogP contribution in [-0.2, 0) is 6.54 Å². The van der Waals surface area contributed by atoms with E-state index < -0.39 is 0 Å². The predicted molar refractivity (Wildman–Crippen MR) is 87.2 cm³/mol. The van der Waals surface area contributed by atoms with Crippen molar-refractivity contribution in [1.82, 2.24) is 0 Å². The summed E-state index contributed by atoms with van der Waals surface area (Å²) >= 11 is 9.32. The monoisotopic (exact) mass is 349 g/mol. The first-order valence-corrected chi connectivity index (χ1v) is 7.20. The minimum atomic E-state index is 0.265. The van der Waals surface area contributed by atoms with Crippen molar-refractivity contribution in [3.8, 4) is 18.1 Å². The summed E-state index contributed by atoms with van der Waals surface area (Å²) in [5.74, 6) is 3.19. The van der Waals surface area contributed by atoms with E-state index in [-0.39, 0.29) is 6.61 Å². The number of anilines is 1. The Hall–Kier alpha value is -1.63. The molecule has 0 saturated heterocycles. The van der Waals surface area contributed by atoms with E-state index in [1.54, 1.807) is 0 Å². The molecule has 0 aliphatic rings. The molecule has 0 saturated carbocycles. The number of hydrogen-bond donors (Lipinski definition) is 1. The summed E-state index contributed by atoms with van der Waals surface area (Å²) < 4.78 is 6.29. The van der Waals surface area contributed by atoms with Crippen LogP contribution in [0.3, 0.4) is 0 Å². The van der Waals surface area contributed by atoms with Crippen LogP contribution in [0.2, 0.25) is 5.02 Å². The largest absolute Gasteiger partial charge is 0.480 e. The molecule has 2 aromatic rings. The average molecular weight is 351 g/mol. The van der Waals surface area contributed by atoms with E-state index in [0.29, 0.717) is 0 Å². The van der Waals surface area contributed by atoms with Gasteiger partial charge in [0.2, 0.25) is 0 Å². The fourth-order valence-corrected chi connectivity index (χ4v) is 2.33. The van der Waals surface area contributed by atoms with Gasteiger partial charge in [-0.3, -0.25) is 0 Å². The van der Waals surface area contributed by atoms with Crippen molar-refractivity contribution < 1.29 is 4.74 Å². The van der Waals surface area contributed by atoms with Gasteiger partial charge >= 0.3 is 0 Å². The molecule has 0 amide bonds. The molecule has 20 heavy (non-hydrogen) atoms. The van der Waals surface area contributed by atoms with E-state index in [9.17, 15) is 0 Å². The Morgan fingerprint density at radius 3 is 2.60 bits per heavy atom. The zero-order chi connectivity index (χ0) is 14.4. The van der Waals surface area contributed by atoms with Crippen LogP contribution in [0, 0.1) is 12.3 Å². The maximum atomic E-state index is 5.85. The third kappa shape index (κ3) is 4.19. The van der Waals surface area contributed by atoms with Gasteiger partial charge in [-0.2, -0.15) is 0 Å². The quantitative estimate of drug-likeness (QED) is 0.787.